The second kappa shape index (κ2) is 7.41. The number of carbonyl (C=O) groups is 1. The quantitative estimate of drug-likeness (QED) is 0.834. The summed E-state index contributed by atoms with van der Waals surface area (Å²) in [5.74, 6) is 0.662. The number of carbonyl (C=O) groups excluding carboxylic acids is 1. The minimum atomic E-state index is 0.0199. The molecule has 4 heteroatoms. The van der Waals surface area contributed by atoms with E-state index in [-0.39, 0.29) is 17.2 Å². The van der Waals surface area contributed by atoms with E-state index in [0.29, 0.717) is 5.92 Å². The number of amides is 1. The smallest absolute Gasteiger partial charge is 0.223 e. The third-order valence-electron chi connectivity index (χ3n) is 4.21. The molecule has 0 aromatic heterocycles. The number of nitrogens with one attached hydrogen (secondary N) is 1. The average Bonchev–Trinajstić information content (AvgIpc) is 2.29. The zero-order chi connectivity index (χ0) is 15.3. The summed E-state index contributed by atoms with van der Waals surface area (Å²) in [6.45, 7) is 16.9. The van der Waals surface area contributed by atoms with Crippen LogP contribution in [0.2, 0.25) is 0 Å². The molecule has 0 spiro atoms. The van der Waals surface area contributed by atoms with E-state index in [1.54, 1.807) is 0 Å². The molecular weight excluding hydrogens is 250 g/mol. The lowest BCUT2D eigenvalue weighted by molar-refractivity contribution is -0.130. The van der Waals surface area contributed by atoms with Crippen LogP contribution in [-0.2, 0) is 4.79 Å². The highest BCUT2D eigenvalue weighted by molar-refractivity contribution is 5.79. The highest BCUT2D eigenvalue weighted by Gasteiger charge is 2.33. The van der Waals surface area contributed by atoms with Crippen LogP contribution < -0.4 is 5.32 Å². The highest BCUT2D eigenvalue weighted by Crippen LogP contribution is 2.32. The van der Waals surface area contributed by atoms with E-state index in [0.717, 1.165) is 39.3 Å². The summed E-state index contributed by atoms with van der Waals surface area (Å²) in [5, 5.41) is 3.13. The minimum Gasteiger partial charge on any atom is -0.355 e. The van der Waals surface area contributed by atoms with Gasteiger partial charge in [0, 0.05) is 45.2 Å². The van der Waals surface area contributed by atoms with Crippen molar-refractivity contribution in [3.63, 3.8) is 0 Å². The van der Waals surface area contributed by atoms with Gasteiger partial charge in [-0.3, -0.25) is 9.69 Å². The summed E-state index contributed by atoms with van der Waals surface area (Å²) in [5.41, 5.74) is 0.0199. The maximum absolute atomic E-state index is 12.4. The van der Waals surface area contributed by atoms with Crippen molar-refractivity contribution < 1.29 is 4.79 Å². The van der Waals surface area contributed by atoms with E-state index in [4.69, 9.17) is 0 Å². The standard InChI is InChI=1S/C16H33N3O/c1-13(2)14(16(3,4)5)15(20)17-7-8-19-11-9-18(6)10-12-19/h13-14H,7-12H2,1-6H3,(H,17,20). The van der Waals surface area contributed by atoms with Crippen LogP contribution in [0, 0.1) is 17.3 Å². The molecule has 1 N–H and O–H groups in total. The minimum absolute atomic E-state index is 0.0199. The van der Waals surface area contributed by atoms with Gasteiger partial charge >= 0.3 is 0 Å². The second-order valence-corrected chi connectivity index (χ2v) is 7.52. The first kappa shape index (κ1) is 17.4. The topological polar surface area (TPSA) is 35.6 Å². The number of piperazine rings is 1. The molecule has 1 atom stereocenters. The van der Waals surface area contributed by atoms with Gasteiger partial charge in [0.2, 0.25) is 5.91 Å². The fourth-order valence-corrected chi connectivity index (χ4v) is 3.21. The Hall–Kier alpha value is -0.610. The predicted octanol–water partition coefficient (Wildman–Crippen LogP) is 1.67. The number of rotatable bonds is 5. The summed E-state index contributed by atoms with van der Waals surface area (Å²) in [6, 6.07) is 0. The van der Waals surface area contributed by atoms with Crippen LogP contribution in [0.1, 0.15) is 34.6 Å². The van der Waals surface area contributed by atoms with Crippen LogP contribution in [0.5, 0.6) is 0 Å². The average molecular weight is 283 g/mol. The highest BCUT2D eigenvalue weighted by atomic mass is 16.1. The Balaban J connectivity index is 2.35. The Bertz CT molecular complexity index is 301. The van der Waals surface area contributed by atoms with Gasteiger partial charge in [-0.25, -0.2) is 0 Å². The van der Waals surface area contributed by atoms with E-state index >= 15 is 0 Å². The maximum atomic E-state index is 12.4. The van der Waals surface area contributed by atoms with Crippen molar-refractivity contribution in [3.05, 3.63) is 0 Å². The van der Waals surface area contributed by atoms with Crippen LogP contribution in [0.15, 0.2) is 0 Å². The van der Waals surface area contributed by atoms with Crippen molar-refractivity contribution in [2.45, 2.75) is 34.6 Å². The van der Waals surface area contributed by atoms with Gasteiger partial charge in [0.25, 0.3) is 0 Å². The molecule has 1 aliphatic heterocycles. The summed E-state index contributed by atoms with van der Waals surface area (Å²) in [4.78, 5) is 17.2. The van der Waals surface area contributed by atoms with Crippen molar-refractivity contribution in [2.75, 3.05) is 46.3 Å². The lowest BCUT2D eigenvalue weighted by atomic mass is 9.74. The number of hydrogen-bond donors (Lipinski definition) is 1. The van der Waals surface area contributed by atoms with Crippen LogP contribution in [-0.4, -0.2) is 62.0 Å². The third kappa shape index (κ3) is 5.41. The number of nitrogens with zero attached hydrogens (tertiary/aromatic N) is 2. The molecule has 1 heterocycles. The van der Waals surface area contributed by atoms with Crippen molar-refractivity contribution in [2.24, 2.45) is 17.3 Å². The molecule has 0 aliphatic carbocycles. The lowest BCUT2D eigenvalue weighted by Crippen LogP contribution is -2.48. The Kier molecular flexibility index (Phi) is 6.46. The zero-order valence-corrected chi connectivity index (χ0v) is 14.2. The largest absolute Gasteiger partial charge is 0.355 e. The van der Waals surface area contributed by atoms with Crippen LogP contribution in [0.4, 0.5) is 0 Å². The summed E-state index contributed by atoms with van der Waals surface area (Å²) < 4.78 is 0. The molecule has 0 bridgehead atoms. The van der Waals surface area contributed by atoms with Gasteiger partial charge in [0.05, 0.1) is 0 Å². The summed E-state index contributed by atoms with van der Waals surface area (Å²) in [7, 11) is 2.16. The number of hydrogen-bond acceptors (Lipinski definition) is 3. The zero-order valence-electron chi connectivity index (χ0n) is 14.2. The molecule has 118 valence electrons. The normalized spacial score (nSPS) is 20.1. The van der Waals surface area contributed by atoms with Crippen molar-refractivity contribution in [1.29, 1.82) is 0 Å². The molecule has 0 aromatic rings. The first-order valence-electron chi connectivity index (χ1n) is 7.90. The van der Waals surface area contributed by atoms with Gasteiger partial charge in [-0.15, -0.1) is 0 Å². The summed E-state index contributed by atoms with van der Waals surface area (Å²) in [6.07, 6.45) is 0. The van der Waals surface area contributed by atoms with Crippen molar-refractivity contribution in [3.8, 4) is 0 Å². The Morgan fingerprint density at radius 2 is 1.70 bits per heavy atom. The van der Waals surface area contributed by atoms with Gasteiger partial charge in [0.1, 0.15) is 0 Å². The van der Waals surface area contributed by atoms with Gasteiger partial charge in [-0.2, -0.15) is 0 Å². The third-order valence-corrected chi connectivity index (χ3v) is 4.21. The Labute approximate surface area is 124 Å². The lowest BCUT2D eigenvalue weighted by Gasteiger charge is -2.34. The molecule has 1 saturated heterocycles. The first-order chi connectivity index (χ1) is 9.21. The van der Waals surface area contributed by atoms with Crippen molar-refractivity contribution in [1.82, 2.24) is 15.1 Å². The fourth-order valence-electron chi connectivity index (χ4n) is 3.21. The molecule has 1 amide bonds. The van der Waals surface area contributed by atoms with E-state index in [1.165, 1.54) is 0 Å². The number of likely N-dealkylation sites (N-methyl/N-ethyl adjacent to an activating group) is 1. The monoisotopic (exact) mass is 283 g/mol. The molecule has 1 aliphatic rings. The summed E-state index contributed by atoms with van der Waals surface area (Å²) >= 11 is 0. The molecule has 4 nitrogen and oxygen atoms in total. The molecule has 20 heavy (non-hydrogen) atoms. The first-order valence-corrected chi connectivity index (χ1v) is 7.90. The Morgan fingerprint density at radius 1 is 1.15 bits per heavy atom. The van der Waals surface area contributed by atoms with Gasteiger partial charge < -0.3 is 10.2 Å². The van der Waals surface area contributed by atoms with E-state index < -0.39 is 0 Å². The van der Waals surface area contributed by atoms with Crippen LogP contribution in [0.3, 0.4) is 0 Å². The van der Waals surface area contributed by atoms with E-state index in [1.807, 2.05) is 0 Å². The van der Waals surface area contributed by atoms with E-state index in [9.17, 15) is 4.79 Å². The van der Waals surface area contributed by atoms with Crippen LogP contribution >= 0.6 is 0 Å². The van der Waals surface area contributed by atoms with E-state index in [2.05, 4.69) is 56.8 Å². The molecule has 0 saturated carbocycles. The van der Waals surface area contributed by atoms with Gasteiger partial charge in [-0.1, -0.05) is 34.6 Å². The molecule has 0 radical (unpaired) electrons. The Morgan fingerprint density at radius 3 is 2.15 bits per heavy atom. The van der Waals surface area contributed by atoms with Crippen molar-refractivity contribution >= 4 is 5.91 Å². The SMILES string of the molecule is CC(C)C(C(=O)NCCN1CCN(C)CC1)C(C)(C)C. The molecular formula is C16H33N3O. The second-order valence-electron chi connectivity index (χ2n) is 7.52. The van der Waals surface area contributed by atoms with Gasteiger partial charge in [0.15, 0.2) is 0 Å². The maximum Gasteiger partial charge on any atom is 0.223 e. The fraction of sp³-hybridized carbons (Fsp3) is 0.938. The molecule has 1 fully saturated rings. The van der Waals surface area contributed by atoms with Gasteiger partial charge in [-0.05, 0) is 18.4 Å². The molecule has 1 unspecified atom stereocenters. The molecule has 1 rings (SSSR count). The predicted molar refractivity (Wildman–Crippen MR) is 84.7 cm³/mol. The van der Waals surface area contributed by atoms with Crippen LogP contribution in [0.25, 0.3) is 0 Å². The molecule has 0 aromatic carbocycles.